The van der Waals surface area contributed by atoms with E-state index in [-0.39, 0.29) is 32.8 Å². The van der Waals surface area contributed by atoms with Gasteiger partial charge in [0.05, 0.1) is 7.11 Å². The van der Waals surface area contributed by atoms with Gasteiger partial charge < -0.3 is 15.2 Å². The van der Waals surface area contributed by atoms with Crippen molar-refractivity contribution in [1.29, 1.82) is 0 Å². The predicted octanol–water partition coefficient (Wildman–Crippen LogP) is 6.00. The van der Waals surface area contributed by atoms with Crippen LogP contribution in [0.1, 0.15) is 54.2 Å². The summed E-state index contributed by atoms with van der Waals surface area (Å²) in [6.07, 6.45) is 5.01. The number of carbonyl (C=O) groups excluding carboxylic acids is 2. The van der Waals surface area contributed by atoms with Gasteiger partial charge in [0.2, 0.25) is 5.91 Å². The molecule has 0 aliphatic heterocycles. The fourth-order valence-electron chi connectivity index (χ4n) is 4.23. The number of rotatable bonds is 7. The third kappa shape index (κ3) is 5.72. The van der Waals surface area contributed by atoms with Crippen LogP contribution < -0.4 is 15.0 Å². The number of phenolic OH excluding ortho intramolecular Hbond substituents is 1. The molecular formula is C25H25Cl2N3O4S. The number of aromatic nitrogens is 1. The van der Waals surface area contributed by atoms with E-state index in [1.54, 1.807) is 43.5 Å². The first-order valence-electron chi connectivity index (χ1n) is 11.3. The van der Waals surface area contributed by atoms with Crippen molar-refractivity contribution in [3.8, 4) is 11.5 Å². The lowest BCUT2D eigenvalue weighted by Crippen LogP contribution is -2.47. The van der Waals surface area contributed by atoms with Crippen LogP contribution in [0.25, 0.3) is 0 Å². The van der Waals surface area contributed by atoms with Crippen LogP contribution in [-0.4, -0.2) is 34.4 Å². The lowest BCUT2D eigenvalue weighted by Gasteiger charge is -2.33. The number of anilines is 1. The molecule has 0 saturated heterocycles. The van der Waals surface area contributed by atoms with E-state index in [1.165, 1.54) is 17.0 Å². The number of hydrogen-bond acceptors (Lipinski definition) is 6. The molecule has 0 unspecified atom stereocenters. The van der Waals surface area contributed by atoms with Gasteiger partial charge in [-0.25, -0.2) is 0 Å². The third-order valence-electron chi connectivity index (χ3n) is 6.04. The molecule has 10 heteroatoms. The maximum absolute atomic E-state index is 13.9. The van der Waals surface area contributed by atoms with E-state index in [9.17, 15) is 14.7 Å². The number of benzene rings is 2. The Kier molecular flexibility index (Phi) is 8.15. The van der Waals surface area contributed by atoms with Gasteiger partial charge in [0.15, 0.2) is 5.69 Å². The van der Waals surface area contributed by atoms with Crippen LogP contribution in [-0.2, 0) is 4.79 Å². The van der Waals surface area contributed by atoms with Crippen molar-refractivity contribution in [3.05, 3.63) is 69.1 Å². The second kappa shape index (κ2) is 11.3. The summed E-state index contributed by atoms with van der Waals surface area (Å²) in [5, 5.41) is 13.0. The van der Waals surface area contributed by atoms with E-state index in [4.69, 9.17) is 27.9 Å². The molecule has 35 heavy (non-hydrogen) atoms. The van der Waals surface area contributed by atoms with Crippen molar-refractivity contribution in [2.45, 2.75) is 44.2 Å². The monoisotopic (exact) mass is 533 g/mol. The van der Waals surface area contributed by atoms with Crippen molar-refractivity contribution in [1.82, 2.24) is 9.69 Å². The predicted molar refractivity (Wildman–Crippen MR) is 138 cm³/mol. The molecule has 2 N–H and O–H groups in total. The van der Waals surface area contributed by atoms with Crippen molar-refractivity contribution in [2.24, 2.45) is 0 Å². The fraction of sp³-hybridized carbons (Fsp3) is 0.320. The van der Waals surface area contributed by atoms with Crippen LogP contribution in [0, 0.1) is 0 Å². The Hall–Kier alpha value is -2.81. The summed E-state index contributed by atoms with van der Waals surface area (Å²) in [4.78, 5) is 29.0. The van der Waals surface area contributed by atoms with Crippen LogP contribution in [0.3, 0.4) is 0 Å². The summed E-state index contributed by atoms with van der Waals surface area (Å²) in [6.45, 7) is 0. The summed E-state index contributed by atoms with van der Waals surface area (Å²) in [7, 11) is 1.55. The van der Waals surface area contributed by atoms with E-state index in [0.29, 0.717) is 17.0 Å². The highest BCUT2D eigenvalue weighted by Crippen LogP contribution is 2.36. The summed E-state index contributed by atoms with van der Waals surface area (Å²) in [5.41, 5.74) is 0.942. The first-order chi connectivity index (χ1) is 16.9. The Labute approximate surface area is 217 Å². The second-order valence-corrected chi connectivity index (χ2v) is 10.1. The van der Waals surface area contributed by atoms with Gasteiger partial charge in [-0.1, -0.05) is 54.6 Å². The van der Waals surface area contributed by atoms with Gasteiger partial charge in [0.1, 0.15) is 26.9 Å². The highest BCUT2D eigenvalue weighted by Gasteiger charge is 2.36. The molecule has 1 aliphatic carbocycles. The number of halogens is 2. The SMILES string of the molecule is COc1ccc(N(C(=O)c2nsc(Cl)c2Cl)[C@@H](C(=O)NC2CCCCC2)c2ccc(O)cc2)cc1. The highest BCUT2D eigenvalue weighted by atomic mass is 35.5. The zero-order valence-electron chi connectivity index (χ0n) is 19.0. The normalized spacial score (nSPS) is 14.8. The quantitative estimate of drug-likeness (QED) is 0.388. The van der Waals surface area contributed by atoms with Gasteiger partial charge in [-0.2, -0.15) is 4.37 Å². The standard InChI is InChI=1S/C25H25Cl2N3O4S/c1-34-19-13-9-17(10-14-19)30(25(33)21-20(26)23(27)35-29-21)22(15-7-11-18(31)12-8-15)24(32)28-16-5-3-2-4-6-16/h7-14,16,22,31H,2-6H2,1H3,(H,28,32)/t22-/m1/s1. The van der Waals surface area contributed by atoms with Crippen LogP contribution in [0.2, 0.25) is 9.36 Å². The summed E-state index contributed by atoms with van der Waals surface area (Å²) in [6, 6.07) is 12.0. The Morgan fingerprint density at radius 1 is 1.09 bits per heavy atom. The van der Waals surface area contributed by atoms with Crippen LogP contribution in [0.15, 0.2) is 48.5 Å². The maximum atomic E-state index is 13.9. The summed E-state index contributed by atoms with van der Waals surface area (Å²) < 4.78 is 9.61. The maximum Gasteiger partial charge on any atom is 0.280 e. The average molecular weight is 534 g/mol. The molecule has 1 saturated carbocycles. The summed E-state index contributed by atoms with van der Waals surface area (Å²) >= 11 is 13.3. The van der Waals surface area contributed by atoms with Gasteiger partial charge in [0, 0.05) is 11.7 Å². The van der Waals surface area contributed by atoms with Crippen molar-refractivity contribution in [3.63, 3.8) is 0 Å². The number of amides is 2. The minimum absolute atomic E-state index is 0.0287. The Balaban J connectivity index is 1.81. The fourth-order valence-corrected chi connectivity index (χ4v) is 5.22. The molecule has 3 aromatic rings. The molecule has 0 spiro atoms. The van der Waals surface area contributed by atoms with E-state index in [2.05, 4.69) is 9.69 Å². The van der Waals surface area contributed by atoms with Crippen LogP contribution in [0.4, 0.5) is 5.69 Å². The number of phenols is 1. The van der Waals surface area contributed by atoms with E-state index < -0.39 is 11.9 Å². The molecule has 0 radical (unpaired) electrons. The topological polar surface area (TPSA) is 91.8 Å². The lowest BCUT2D eigenvalue weighted by atomic mass is 9.94. The molecule has 1 atom stereocenters. The zero-order valence-corrected chi connectivity index (χ0v) is 21.4. The van der Waals surface area contributed by atoms with Gasteiger partial charge in [-0.3, -0.25) is 14.5 Å². The molecule has 7 nitrogen and oxygen atoms in total. The third-order valence-corrected chi connectivity index (χ3v) is 7.65. The van der Waals surface area contributed by atoms with Crippen molar-refractivity contribution >= 4 is 52.2 Å². The molecule has 1 aromatic heterocycles. The van der Waals surface area contributed by atoms with E-state index in [0.717, 1.165) is 43.6 Å². The number of hydrogen-bond donors (Lipinski definition) is 2. The summed E-state index contributed by atoms with van der Waals surface area (Å²) in [5.74, 6) is -0.245. The van der Waals surface area contributed by atoms with Crippen LogP contribution >= 0.6 is 34.7 Å². The molecule has 2 aromatic carbocycles. The lowest BCUT2D eigenvalue weighted by molar-refractivity contribution is -0.123. The number of aromatic hydroxyl groups is 1. The zero-order chi connectivity index (χ0) is 24.9. The molecular weight excluding hydrogens is 509 g/mol. The molecule has 4 rings (SSSR count). The molecule has 1 heterocycles. The van der Waals surface area contributed by atoms with Gasteiger partial charge >= 0.3 is 0 Å². The molecule has 2 amide bonds. The number of ether oxygens (including phenoxy) is 1. The smallest absolute Gasteiger partial charge is 0.280 e. The van der Waals surface area contributed by atoms with Crippen LogP contribution in [0.5, 0.6) is 11.5 Å². The number of nitrogens with zero attached hydrogens (tertiary/aromatic N) is 2. The largest absolute Gasteiger partial charge is 0.508 e. The molecule has 1 fully saturated rings. The van der Waals surface area contributed by atoms with E-state index in [1.807, 2.05) is 0 Å². The molecule has 184 valence electrons. The van der Waals surface area contributed by atoms with Crippen molar-refractivity contribution in [2.75, 3.05) is 12.0 Å². The Morgan fingerprint density at radius 2 is 1.74 bits per heavy atom. The Bertz CT molecular complexity index is 1180. The first-order valence-corrected chi connectivity index (χ1v) is 12.8. The van der Waals surface area contributed by atoms with Crippen molar-refractivity contribution < 1.29 is 19.4 Å². The van der Waals surface area contributed by atoms with Gasteiger partial charge in [-0.15, -0.1) is 0 Å². The average Bonchev–Trinajstić information content (AvgIpc) is 3.21. The number of methoxy groups -OCH3 is 1. The van der Waals surface area contributed by atoms with E-state index >= 15 is 0 Å². The minimum Gasteiger partial charge on any atom is -0.508 e. The molecule has 0 bridgehead atoms. The first kappa shape index (κ1) is 25.3. The highest BCUT2D eigenvalue weighted by molar-refractivity contribution is 7.11. The second-order valence-electron chi connectivity index (χ2n) is 8.33. The minimum atomic E-state index is -1.05. The molecule has 1 aliphatic rings. The number of nitrogens with one attached hydrogen (secondary N) is 1. The van der Waals surface area contributed by atoms with Gasteiger partial charge in [-0.05, 0) is 66.3 Å². The Morgan fingerprint density at radius 3 is 2.31 bits per heavy atom. The van der Waals surface area contributed by atoms with Gasteiger partial charge in [0.25, 0.3) is 5.91 Å². The number of carbonyl (C=O) groups is 2.